The van der Waals surface area contributed by atoms with Crippen molar-refractivity contribution < 1.29 is 60.7 Å². The van der Waals surface area contributed by atoms with Gasteiger partial charge in [0.2, 0.25) is 0 Å². The molecule has 2 aliphatic heterocycles. The lowest BCUT2D eigenvalue weighted by molar-refractivity contribution is -0.138. The number of carbonyl (C=O) groups is 2. The number of carbonyl (C=O) groups excluding carboxylic acids is 1. The first kappa shape index (κ1) is 43.0. The summed E-state index contributed by atoms with van der Waals surface area (Å²) in [5, 5.41) is 28.1. The van der Waals surface area contributed by atoms with E-state index in [-0.39, 0.29) is 49.1 Å². The van der Waals surface area contributed by atoms with E-state index in [0.29, 0.717) is 41.5 Å². The number of carboxylic acid groups (broad SMARTS) is 1. The van der Waals surface area contributed by atoms with Crippen LogP contribution in [0.4, 0.5) is 32.0 Å². The molecule has 2 atom stereocenters. The summed E-state index contributed by atoms with van der Waals surface area (Å²) in [6.45, 7) is 0.410. The second-order valence-electron chi connectivity index (χ2n) is 14.8. The summed E-state index contributed by atoms with van der Waals surface area (Å²) in [5.74, 6) is -1.01. The predicted octanol–water partition coefficient (Wildman–Crippen LogP) is 8.61. The summed E-state index contributed by atoms with van der Waals surface area (Å²) in [7, 11) is 0. The van der Waals surface area contributed by atoms with E-state index in [9.17, 15) is 46.1 Å². The molecule has 0 bridgehead atoms. The van der Waals surface area contributed by atoms with Crippen LogP contribution in [-0.4, -0.2) is 52.5 Å². The molecular weight excluding hydrogens is 780 g/mol. The van der Waals surface area contributed by atoms with Crippen LogP contribution in [0.2, 0.25) is 0 Å². The fourth-order valence-electron chi connectivity index (χ4n) is 7.67. The summed E-state index contributed by atoms with van der Waals surface area (Å²) in [6.07, 6.45) is -1.27. The summed E-state index contributed by atoms with van der Waals surface area (Å²) < 4.78 is 86.8. The zero-order valence-electron chi connectivity index (χ0n) is 31.8. The van der Waals surface area contributed by atoms with E-state index < -0.39 is 29.4 Å². The molecule has 5 N–H and O–H groups in total. The molecule has 0 saturated heterocycles. The van der Waals surface area contributed by atoms with Crippen molar-refractivity contribution in [3.8, 4) is 11.5 Å². The molecular formula is C45H43F6NO7. The van der Waals surface area contributed by atoms with Gasteiger partial charge in [-0.15, -0.1) is 0 Å². The minimum atomic E-state index is -4.44. The maximum Gasteiger partial charge on any atom is 0.416 e. The van der Waals surface area contributed by atoms with Gasteiger partial charge in [-0.3, -0.25) is 4.79 Å². The van der Waals surface area contributed by atoms with E-state index >= 15 is 0 Å². The van der Waals surface area contributed by atoms with Crippen LogP contribution in [0.1, 0.15) is 75.8 Å². The Bertz CT molecular complexity index is 2260. The van der Waals surface area contributed by atoms with Gasteiger partial charge in [0.1, 0.15) is 11.5 Å². The Morgan fingerprint density at radius 2 is 1.17 bits per heavy atom. The number of hydrogen-bond donors (Lipinski definition) is 4. The van der Waals surface area contributed by atoms with E-state index in [1.165, 1.54) is 29.3 Å². The number of benzene rings is 4. The van der Waals surface area contributed by atoms with Crippen LogP contribution in [-0.2, 0) is 54.0 Å². The highest BCUT2D eigenvalue weighted by Gasteiger charge is 2.33. The molecule has 0 spiro atoms. The number of aliphatic carboxylic acids is 1. The van der Waals surface area contributed by atoms with Gasteiger partial charge in [-0.25, -0.2) is 4.79 Å². The van der Waals surface area contributed by atoms with Gasteiger partial charge in [0.25, 0.3) is 0 Å². The number of carboxylic acids is 1. The van der Waals surface area contributed by atoms with Crippen LogP contribution in [0, 0.1) is 0 Å². The number of nitrogens with two attached hydrogens (primary N) is 1. The number of halogens is 6. The molecule has 0 saturated carbocycles. The number of aliphatic hydroxyl groups excluding tert-OH is 2. The lowest BCUT2D eigenvalue weighted by atomic mass is 9.85. The highest BCUT2D eigenvalue weighted by molar-refractivity contribution is 5.99. The van der Waals surface area contributed by atoms with Gasteiger partial charge >= 0.3 is 18.3 Å². The highest BCUT2D eigenvalue weighted by Crippen LogP contribution is 2.40. The fraction of sp³-hybridized carbons (Fsp3) is 0.333. The van der Waals surface area contributed by atoms with Gasteiger partial charge in [0.15, 0.2) is 5.78 Å². The van der Waals surface area contributed by atoms with E-state index in [0.717, 1.165) is 84.8 Å². The monoisotopic (exact) mass is 823 g/mol. The Kier molecular flexibility index (Phi) is 13.2. The Morgan fingerprint density at radius 3 is 1.69 bits per heavy atom. The lowest BCUT2D eigenvalue weighted by Crippen LogP contribution is -2.20. The van der Waals surface area contributed by atoms with Gasteiger partial charge in [-0.1, -0.05) is 42.5 Å². The third-order valence-corrected chi connectivity index (χ3v) is 10.6. The third-order valence-electron chi connectivity index (χ3n) is 10.6. The average Bonchev–Trinajstić information content (AvgIpc) is 3.18. The van der Waals surface area contributed by atoms with Gasteiger partial charge in [0, 0.05) is 48.6 Å². The molecule has 2 aliphatic carbocycles. The molecule has 14 heteroatoms. The quantitative estimate of drug-likeness (QED) is 0.0913. The number of aliphatic hydroxyl groups is 2. The predicted molar refractivity (Wildman–Crippen MR) is 209 cm³/mol. The van der Waals surface area contributed by atoms with E-state index in [2.05, 4.69) is 6.07 Å². The number of fused-ring (bicyclic) bond motifs is 4. The zero-order valence-corrected chi connectivity index (χ0v) is 31.8. The molecule has 59 heavy (non-hydrogen) atoms. The van der Waals surface area contributed by atoms with Gasteiger partial charge in [-0.2, -0.15) is 26.3 Å². The fourth-order valence-corrected chi connectivity index (χ4v) is 7.67. The van der Waals surface area contributed by atoms with Crippen LogP contribution in [0.25, 0.3) is 11.1 Å². The van der Waals surface area contributed by atoms with Gasteiger partial charge in [0.05, 0.1) is 36.5 Å². The van der Waals surface area contributed by atoms with E-state index in [1.54, 1.807) is 0 Å². The summed E-state index contributed by atoms with van der Waals surface area (Å²) in [6, 6.07) is 18.3. The number of hydrogen-bond acceptors (Lipinski definition) is 7. The zero-order chi connectivity index (χ0) is 42.5. The first-order chi connectivity index (χ1) is 28.0. The molecule has 4 aromatic carbocycles. The van der Waals surface area contributed by atoms with Crippen LogP contribution in [0.3, 0.4) is 0 Å². The lowest BCUT2D eigenvalue weighted by Gasteiger charge is -2.23. The minimum Gasteiger partial charge on any atom is -0.493 e. The number of ketones is 1. The summed E-state index contributed by atoms with van der Waals surface area (Å²) >= 11 is 0. The number of nitrogen functional groups attached to an aromatic ring is 1. The highest BCUT2D eigenvalue weighted by atomic mass is 19.4. The SMILES string of the molecule is Nc1cccc2c1C[C@H](O)CC2.O=C(/C=C1\CCOc2cc(C(F)(F)F)ccc21)Cc1cccc2c1C[C@H](O)CC2.O=C(O)/C=C1\CCOc2cc(C(F)(F)F)ccc21. The van der Waals surface area contributed by atoms with Gasteiger partial charge < -0.3 is 30.5 Å². The number of allylic oxidation sites excluding steroid dienone is 1. The second-order valence-corrected chi connectivity index (χ2v) is 14.8. The van der Waals surface area contributed by atoms with Crippen molar-refractivity contribution in [1.82, 2.24) is 0 Å². The van der Waals surface area contributed by atoms with Crippen molar-refractivity contribution in [3.05, 3.63) is 135 Å². The molecule has 0 aromatic heterocycles. The average molecular weight is 824 g/mol. The normalized spacial score (nSPS) is 19.5. The Balaban J connectivity index is 0.000000165. The van der Waals surface area contributed by atoms with Crippen molar-refractivity contribution >= 4 is 28.6 Å². The first-order valence-electron chi connectivity index (χ1n) is 19.1. The van der Waals surface area contributed by atoms with Crippen LogP contribution < -0.4 is 15.2 Å². The summed E-state index contributed by atoms with van der Waals surface area (Å²) in [5.41, 5.74) is 12.7. The number of rotatable bonds is 4. The molecule has 0 amide bonds. The second kappa shape index (κ2) is 18.1. The van der Waals surface area contributed by atoms with Crippen LogP contribution in [0.15, 0.2) is 84.9 Å². The number of alkyl halides is 6. The number of anilines is 1. The molecule has 8 rings (SSSR count). The Labute approximate surface area is 336 Å². The third kappa shape index (κ3) is 10.9. The van der Waals surface area contributed by atoms with Crippen molar-refractivity contribution in [2.24, 2.45) is 0 Å². The molecule has 0 radical (unpaired) electrons. The Morgan fingerprint density at radius 1 is 0.678 bits per heavy atom. The summed E-state index contributed by atoms with van der Waals surface area (Å²) in [4.78, 5) is 23.3. The van der Waals surface area contributed by atoms with Crippen molar-refractivity contribution in [2.45, 2.75) is 82.3 Å². The van der Waals surface area contributed by atoms with E-state index in [4.69, 9.17) is 20.3 Å². The maximum absolute atomic E-state index is 12.9. The Hall–Kier alpha value is -5.60. The van der Waals surface area contributed by atoms with Crippen molar-refractivity contribution in [3.63, 3.8) is 0 Å². The van der Waals surface area contributed by atoms with Crippen LogP contribution >= 0.6 is 0 Å². The molecule has 0 unspecified atom stereocenters. The van der Waals surface area contributed by atoms with Crippen molar-refractivity contribution in [1.29, 1.82) is 0 Å². The first-order valence-corrected chi connectivity index (χ1v) is 19.1. The topological polar surface area (TPSA) is 139 Å². The van der Waals surface area contributed by atoms with Gasteiger partial charge in [-0.05, 0) is 107 Å². The van der Waals surface area contributed by atoms with Crippen LogP contribution in [0.5, 0.6) is 11.5 Å². The molecule has 312 valence electrons. The van der Waals surface area contributed by atoms with Crippen molar-refractivity contribution in [2.75, 3.05) is 18.9 Å². The number of aryl methyl sites for hydroxylation is 2. The largest absolute Gasteiger partial charge is 0.493 e. The standard InChI is InChI=1S/C23H21F3O3.C12H9F3O3.C10H13NO/c24-23(25,26)17-5-7-20-16(8-9-29-22(20)12-17)11-19(28)10-15-3-1-2-14-4-6-18(27)13-21(14)15;13-12(14,15)8-1-2-9-7(5-11(16)17)3-4-18-10(9)6-8;11-10-3-1-2-7-4-5-8(12)6-9(7)10/h1-3,5,7,11-12,18,27H,4,6,8-10,13H2;1-2,5-6H,3-4H2,(H,16,17);1-3,8,12H,4-6,11H2/b16-11+;7-5+;/t18-;;8-/m1.1/s1. The smallest absolute Gasteiger partial charge is 0.416 e. The van der Waals surface area contributed by atoms with E-state index in [1.807, 2.05) is 30.3 Å². The molecule has 4 aliphatic rings. The molecule has 8 nitrogen and oxygen atoms in total. The minimum absolute atomic E-state index is 0.0728. The maximum atomic E-state index is 12.9. The molecule has 0 fully saturated rings. The number of ether oxygens (including phenoxy) is 2. The molecule has 4 aromatic rings. The molecule has 2 heterocycles.